The number of carbonyl (C=O) groups is 1. The third-order valence-electron chi connectivity index (χ3n) is 5.08. The van der Waals surface area contributed by atoms with E-state index in [1.54, 1.807) is 18.4 Å². The van der Waals surface area contributed by atoms with Crippen LogP contribution in [0.5, 0.6) is 0 Å². The normalized spacial score (nSPS) is 30.4. The van der Waals surface area contributed by atoms with Crippen LogP contribution in [0.2, 0.25) is 0 Å². The van der Waals surface area contributed by atoms with Crippen LogP contribution in [0.25, 0.3) is 11.2 Å². The Labute approximate surface area is 148 Å². The summed E-state index contributed by atoms with van der Waals surface area (Å²) in [6.45, 7) is 5.72. The van der Waals surface area contributed by atoms with Gasteiger partial charge < -0.3 is 14.6 Å². The molecule has 1 amide bonds. The second-order valence-electron chi connectivity index (χ2n) is 7.03. The standard InChI is InChI=1S/C16H21N5O5/c1-4-16-5-25-9(10(16)22)14(26-16)21-6-17-8-11(21)18-15(20-13(8)24)19-12(23)7(2)3/h6-7,9-10,14,22H,4-5H2,1-3H3,(H2,18,19,20,23,24)/t9?,10-,14-,16+/m1/s1. The molecule has 0 radical (unpaired) electrons. The zero-order valence-electron chi connectivity index (χ0n) is 14.7. The summed E-state index contributed by atoms with van der Waals surface area (Å²) in [5, 5.41) is 13.1. The number of aliphatic hydroxyl groups is 1. The van der Waals surface area contributed by atoms with Crippen LogP contribution >= 0.6 is 0 Å². The molecule has 2 aromatic heterocycles. The van der Waals surface area contributed by atoms with Crippen LogP contribution < -0.4 is 10.9 Å². The van der Waals surface area contributed by atoms with E-state index in [4.69, 9.17) is 9.47 Å². The molecule has 4 heterocycles. The van der Waals surface area contributed by atoms with Crippen molar-refractivity contribution in [2.45, 2.75) is 51.2 Å². The summed E-state index contributed by atoms with van der Waals surface area (Å²) in [5.41, 5.74) is -0.851. The van der Waals surface area contributed by atoms with Crippen molar-refractivity contribution in [3.63, 3.8) is 0 Å². The lowest BCUT2D eigenvalue weighted by atomic mass is 9.96. The van der Waals surface area contributed by atoms with E-state index in [9.17, 15) is 14.7 Å². The quantitative estimate of drug-likeness (QED) is 0.704. The van der Waals surface area contributed by atoms with Crippen LogP contribution in [0.4, 0.5) is 5.95 Å². The number of ether oxygens (including phenoxy) is 2. The maximum Gasteiger partial charge on any atom is 0.280 e. The van der Waals surface area contributed by atoms with Crippen LogP contribution in [0.1, 0.15) is 33.4 Å². The van der Waals surface area contributed by atoms with Gasteiger partial charge in [-0.15, -0.1) is 0 Å². The average molecular weight is 363 g/mol. The van der Waals surface area contributed by atoms with Crippen LogP contribution in [0.3, 0.4) is 0 Å². The van der Waals surface area contributed by atoms with Gasteiger partial charge in [0.2, 0.25) is 11.9 Å². The van der Waals surface area contributed by atoms with E-state index >= 15 is 0 Å². The molecule has 2 aliphatic rings. The molecule has 140 valence electrons. The van der Waals surface area contributed by atoms with Gasteiger partial charge in [-0.3, -0.25) is 24.5 Å². The van der Waals surface area contributed by atoms with Gasteiger partial charge in [-0.2, -0.15) is 4.98 Å². The third-order valence-corrected chi connectivity index (χ3v) is 5.08. The van der Waals surface area contributed by atoms with Gasteiger partial charge in [-0.1, -0.05) is 20.8 Å². The minimum Gasteiger partial charge on any atom is -0.387 e. The first-order valence-corrected chi connectivity index (χ1v) is 8.61. The molecule has 0 aromatic carbocycles. The third kappa shape index (κ3) is 2.37. The zero-order chi connectivity index (χ0) is 18.6. The highest BCUT2D eigenvalue weighted by molar-refractivity contribution is 5.91. The molecule has 2 aromatic rings. The van der Waals surface area contributed by atoms with Crippen LogP contribution in [-0.4, -0.2) is 54.9 Å². The fraction of sp³-hybridized carbons (Fsp3) is 0.625. The number of carbonyl (C=O) groups excluding carboxylic acids is 1. The maximum absolute atomic E-state index is 12.3. The number of hydrogen-bond donors (Lipinski definition) is 3. The number of imidazole rings is 1. The van der Waals surface area contributed by atoms with Crippen molar-refractivity contribution in [3.05, 3.63) is 16.7 Å². The van der Waals surface area contributed by atoms with E-state index < -0.39 is 29.6 Å². The molecule has 3 N–H and O–H groups in total. The Morgan fingerprint density at radius 2 is 2.35 bits per heavy atom. The summed E-state index contributed by atoms with van der Waals surface area (Å²) >= 11 is 0. The van der Waals surface area contributed by atoms with Crippen LogP contribution in [-0.2, 0) is 14.3 Å². The molecule has 2 aliphatic heterocycles. The van der Waals surface area contributed by atoms with Crippen molar-refractivity contribution in [2.24, 2.45) is 5.92 Å². The molecule has 26 heavy (non-hydrogen) atoms. The van der Waals surface area contributed by atoms with Gasteiger partial charge in [-0.25, -0.2) is 4.98 Å². The zero-order valence-corrected chi connectivity index (χ0v) is 14.7. The second kappa shape index (κ2) is 5.86. The highest BCUT2D eigenvalue weighted by atomic mass is 16.6. The topological polar surface area (TPSA) is 131 Å². The molecular weight excluding hydrogens is 342 g/mol. The molecule has 2 bridgehead atoms. The number of rotatable bonds is 4. The van der Waals surface area contributed by atoms with E-state index in [-0.39, 0.29) is 28.9 Å². The Balaban J connectivity index is 1.74. The van der Waals surface area contributed by atoms with E-state index in [0.717, 1.165) is 0 Å². The van der Waals surface area contributed by atoms with Crippen molar-refractivity contribution in [1.82, 2.24) is 19.5 Å². The minimum absolute atomic E-state index is 0.0396. The number of fused-ring (bicyclic) bond motifs is 3. The largest absolute Gasteiger partial charge is 0.387 e. The Morgan fingerprint density at radius 1 is 1.58 bits per heavy atom. The molecule has 2 fully saturated rings. The number of anilines is 1. The lowest BCUT2D eigenvalue weighted by molar-refractivity contribution is -0.173. The van der Waals surface area contributed by atoms with Gasteiger partial charge in [0.15, 0.2) is 17.4 Å². The van der Waals surface area contributed by atoms with Gasteiger partial charge >= 0.3 is 0 Å². The average Bonchev–Trinajstić information content (AvgIpc) is 3.25. The Bertz CT molecular complexity index is 921. The SMILES string of the molecule is CC[C@@]12COC([C@H](n3cnc4c(=O)[nH]c(NC(=O)C(C)C)nc43)O1)[C@H]2O. The van der Waals surface area contributed by atoms with Crippen molar-refractivity contribution in [2.75, 3.05) is 11.9 Å². The summed E-state index contributed by atoms with van der Waals surface area (Å²) in [5.74, 6) is -0.487. The highest BCUT2D eigenvalue weighted by Gasteiger charge is 2.60. The first-order chi connectivity index (χ1) is 12.4. The van der Waals surface area contributed by atoms with Crippen molar-refractivity contribution in [3.8, 4) is 0 Å². The Kier molecular flexibility index (Phi) is 3.86. The lowest BCUT2D eigenvalue weighted by Crippen LogP contribution is -2.39. The number of H-pyrrole nitrogens is 1. The monoisotopic (exact) mass is 363 g/mol. The molecule has 1 unspecified atom stereocenters. The maximum atomic E-state index is 12.3. The molecule has 0 aliphatic carbocycles. The molecule has 0 saturated carbocycles. The minimum atomic E-state index is -0.767. The Morgan fingerprint density at radius 3 is 3.00 bits per heavy atom. The lowest BCUT2D eigenvalue weighted by Gasteiger charge is -2.30. The first-order valence-electron chi connectivity index (χ1n) is 8.61. The van der Waals surface area contributed by atoms with Crippen LogP contribution in [0, 0.1) is 5.92 Å². The summed E-state index contributed by atoms with van der Waals surface area (Å²) in [6, 6.07) is 0. The number of nitrogens with one attached hydrogen (secondary N) is 2. The predicted molar refractivity (Wildman–Crippen MR) is 90.5 cm³/mol. The number of aromatic nitrogens is 4. The first kappa shape index (κ1) is 17.1. The van der Waals surface area contributed by atoms with Gasteiger partial charge in [-0.05, 0) is 6.42 Å². The van der Waals surface area contributed by atoms with Crippen LogP contribution in [0.15, 0.2) is 11.1 Å². The molecule has 10 nitrogen and oxygen atoms in total. The number of hydrogen-bond acceptors (Lipinski definition) is 7. The summed E-state index contributed by atoms with van der Waals surface area (Å²) < 4.78 is 13.3. The Hall–Kier alpha value is -2.30. The molecule has 4 rings (SSSR count). The second-order valence-corrected chi connectivity index (χ2v) is 7.03. The number of aliphatic hydroxyl groups excluding tert-OH is 1. The fourth-order valence-corrected chi connectivity index (χ4v) is 3.40. The smallest absolute Gasteiger partial charge is 0.280 e. The van der Waals surface area contributed by atoms with E-state index in [0.29, 0.717) is 13.0 Å². The molecule has 2 saturated heterocycles. The van der Waals surface area contributed by atoms with Crippen molar-refractivity contribution in [1.29, 1.82) is 0 Å². The summed E-state index contributed by atoms with van der Waals surface area (Å²) in [7, 11) is 0. The van der Waals surface area contributed by atoms with Gasteiger partial charge in [0.05, 0.1) is 12.9 Å². The van der Waals surface area contributed by atoms with Gasteiger partial charge in [0.1, 0.15) is 17.8 Å². The summed E-state index contributed by atoms with van der Waals surface area (Å²) in [4.78, 5) is 35.1. The molecule has 0 spiro atoms. The summed E-state index contributed by atoms with van der Waals surface area (Å²) in [6.07, 6.45) is 0.0503. The van der Waals surface area contributed by atoms with Crippen molar-refractivity contribution < 1.29 is 19.4 Å². The number of amides is 1. The van der Waals surface area contributed by atoms with E-state index in [1.165, 1.54) is 6.33 Å². The van der Waals surface area contributed by atoms with Gasteiger partial charge in [0, 0.05) is 5.92 Å². The molecule has 10 heteroatoms. The number of aromatic amines is 1. The van der Waals surface area contributed by atoms with Gasteiger partial charge in [0.25, 0.3) is 5.56 Å². The molecular formula is C16H21N5O5. The predicted octanol–water partition coefficient (Wildman–Crippen LogP) is 0.151. The van der Waals surface area contributed by atoms with E-state index in [2.05, 4.69) is 20.3 Å². The van der Waals surface area contributed by atoms with Crippen molar-refractivity contribution >= 4 is 23.0 Å². The fourth-order valence-electron chi connectivity index (χ4n) is 3.40. The highest BCUT2D eigenvalue weighted by Crippen LogP contribution is 2.47. The number of nitrogens with zero attached hydrogens (tertiary/aromatic N) is 3. The van der Waals surface area contributed by atoms with E-state index in [1.807, 2.05) is 6.92 Å². The molecule has 4 atom stereocenters.